The molecule has 0 aliphatic rings. The summed E-state index contributed by atoms with van der Waals surface area (Å²) >= 11 is 0. The lowest BCUT2D eigenvalue weighted by Crippen LogP contribution is -2.24. The molecule has 1 atom stereocenters. The first kappa shape index (κ1) is 15.2. The van der Waals surface area contributed by atoms with E-state index >= 15 is 0 Å². The molecule has 15 heavy (non-hydrogen) atoms. The Morgan fingerprint density at radius 2 is 1.87 bits per heavy atom. The number of rotatable bonds is 8. The van der Waals surface area contributed by atoms with Crippen LogP contribution < -0.4 is 0 Å². The minimum absolute atomic E-state index is 0.0425. The van der Waals surface area contributed by atoms with Gasteiger partial charge in [0.25, 0.3) is 0 Å². The first-order chi connectivity index (χ1) is 6.87. The summed E-state index contributed by atoms with van der Waals surface area (Å²) in [6, 6.07) is 0. The minimum Gasteiger partial charge on any atom is -0.382 e. The molecule has 0 heterocycles. The van der Waals surface area contributed by atoms with E-state index in [-0.39, 0.29) is 17.6 Å². The smallest absolute Gasteiger partial charge is 0.232 e. The van der Waals surface area contributed by atoms with Gasteiger partial charge in [0, 0.05) is 17.8 Å². The first-order valence-electron chi connectivity index (χ1n) is 4.86. The molecule has 0 radical (unpaired) electrons. The van der Waals surface area contributed by atoms with Crippen LogP contribution in [0, 0.1) is 11.8 Å². The van der Waals surface area contributed by atoms with Crippen molar-refractivity contribution in [3.05, 3.63) is 0 Å². The van der Waals surface area contributed by atoms with Crippen LogP contribution in [-0.4, -0.2) is 41.1 Å². The van der Waals surface area contributed by atoms with Gasteiger partial charge in [-0.3, -0.25) is 0 Å². The maximum absolute atomic E-state index is 10.9. The summed E-state index contributed by atoms with van der Waals surface area (Å²) in [5.41, 5.74) is 0. The Kier molecular flexibility index (Phi) is 7.52. The van der Waals surface area contributed by atoms with E-state index in [0.717, 1.165) is 0 Å². The van der Waals surface area contributed by atoms with Crippen molar-refractivity contribution in [2.75, 3.05) is 32.7 Å². The summed E-state index contributed by atoms with van der Waals surface area (Å²) in [5.74, 6) is 0.115. The van der Waals surface area contributed by atoms with Gasteiger partial charge in [-0.1, -0.05) is 13.8 Å². The highest BCUT2D eigenvalue weighted by Crippen LogP contribution is 2.16. The van der Waals surface area contributed by atoms with Gasteiger partial charge in [-0.25, -0.2) is 8.42 Å². The number of halogens is 1. The van der Waals surface area contributed by atoms with E-state index in [9.17, 15) is 8.42 Å². The van der Waals surface area contributed by atoms with Crippen molar-refractivity contribution in [3.8, 4) is 0 Å². The molecule has 0 aliphatic carbocycles. The zero-order chi connectivity index (χ0) is 11.9. The van der Waals surface area contributed by atoms with Crippen LogP contribution in [0.1, 0.15) is 13.8 Å². The lowest BCUT2D eigenvalue weighted by atomic mass is 9.99. The SMILES string of the molecule is COCCOCC(CS(=O)(=O)Cl)C(C)C. The zero-order valence-corrected chi connectivity index (χ0v) is 11.0. The summed E-state index contributed by atoms with van der Waals surface area (Å²) in [6.45, 7) is 5.28. The molecule has 0 N–H and O–H groups in total. The molecule has 6 heteroatoms. The van der Waals surface area contributed by atoms with E-state index < -0.39 is 9.05 Å². The second-order valence-electron chi connectivity index (χ2n) is 3.78. The number of ether oxygens (including phenoxy) is 2. The topological polar surface area (TPSA) is 52.6 Å². The van der Waals surface area contributed by atoms with Crippen molar-refractivity contribution in [1.82, 2.24) is 0 Å². The Hall–Kier alpha value is 0.160. The molecule has 0 rings (SSSR count). The number of methoxy groups -OCH3 is 1. The van der Waals surface area contributed by atoms with Crippen LogP contribution >= 0.6 is 10.7 Å². The third-order valence-electron chi connectivity index (χ3n) is 2.12. The predicted molar refractivity (Wildman–Crippen MR) is 60.7 cm³/mol. The van der Waals surface area contributed by atoms with Crippen LogP contribution in [0.5, 0.6) is 0 Å². The quantitative estimate of drug-likeness (QED) is 0.489. The van der Waals surface area contributed by atoms with E-state index in [1.807, 2.05) is 13.8 Å². The van der Waals surface area contributed by atoms with Crippen molar-refractivity contribution in [1.29, 1.82) is 0 Å². The summed E-state index contributed by atoms with van der Waals surface area (Å²) in [4.78, 5) is 0. The van der Waals surface area contributed by atoms with Crippen LogP contribution in [0.4, 0.5) is 0 Å². The van der Waals surface area contributed by atoms with Crippen molar-refractivity contribution < 1.29 is 17.9 Å². The molecule has 0 amide bonds. The monoisotopic (exact) mass is 258 g/mol. The van der Waals surface area contributed by atoms with Crippen molar-refractivity contribution >= 4 is 19.7 Å². The van der Waals surface area contributed by atoms with E-state index in [0.29, 0.717) is 19.8 Å². The van der Waals surface area contributed by atoms with Gasteiger partial charge in [-0.2, -0.15) is 0 Å². The van der Waals surface area contributed by atoms with Gasteiger partial charge in [-0.05, 0) is 11.8 Å². The van der Waals surface area contributed by atoms with Gasteiger partial charge in [0.05, 0.1) is 25.6 Å². The second kappa shape index (κ2) is 7.44. The molecule has 4 nitrogen and oxygen atoms in total. The molecule has 0 aromatic heterocycles. The standard InChI is InChI=1S/C9H19ClO4S/c1-8(2)9(7-15(10,11)12)6-14-5-4-13-3/h8-9H,4-7H2,1-3H3. The average molecular weight is 259 g/mol. The molecule has 0 aromatic rings. The minimum atomic E-state index is -3.45. The molecule has 0 saturated heterocycles. The molecule has 0 fully saturated rings. The zero-order valence-electron chi connectivity index (χ0n) is 9.40. The van der Waals surface area contributed by atoms with Gasteiger partial charge in [0.2, 0.25) is 9.05 Å². The molecule has 0 aromatic carbocycles. The van der Waals surface area contributed by atoms with Crippen LogP contribution in [0.2, 0.25) is 0 Å². The van der Waals surface area contributed by atoms with Crippen LogP contribution in [0.3, 0.4) is 0 Å². The summed E-state index contributed by atoms with van der Waals surface area (Å²) < 4.78 is 32.0. The van der Waals surface area contributed by atoms with Gasteiger partial charge >= 0.3 is 0 Å². The van der Waals surface area contributed by atoms with Gasteiger partial charge < -0.3 is 9.47 Å². The third kappa shape index (κ3) is 9.11. The summed E-state index contributed by atoms with van der Waals surface area (Å²) in [6.07, 6.45) is 0. The summed E-state index contributed by atoms with van der Waals surface area (Å²) in [5, 5.41) is 0. The fourth-order valence-corrected chi connectivity index (χ4v) is 2.54. The van der Waals surface area contributed by atoms with Crippen molar-refractivity contribution in [2.24, 2.45) is 11.8 Å². The fourth-order valence-electron chi connectivity index (χ4n) is 1.07. The maximum atomic E-state index is 10.9. The predicted octanol–water partition coefficient (Wildman–Crippen LogP) is 1.49. The highest BCUT2D eigenvalue weighted by Gasteiger charge is 2.20. The molecular formula is C9H19ClO4S. The van der Waals surface area contributed by atoms with E-state index in [1.54, 1.807) is 7.11 Å². The molecule has 0 saturated carbocycles. The third-order valence-corrected chi connectivity index (χ3v) is 3.32. The molecular weight excluding hydrogens is 240 g/mol. The lowest BCUT2D eigenvalue weighted by Gasteiger charge is -2.19. The van der Waals surface area contributed by atoms with E-state index in [4.69, 9.17) is 20.2 Å². The van der Waals surface area contributed by atoms with Crippen LogP contribution in [0.25, 0.3) is 0 Å². The Morgan fingerprint density at radius 3 is 2.27 bits per heavy atom. The Labute approximate surface area is 96.3 Å². The molecule has 0 spiro atoms. The molecule has 1 unspecified atom stereocenters. The summed E-state index contributed by atoms with van der Waals surface area (Å²) in [7, 11) is 3.34. The average Bonchev–Trinajstić information content (AvgIpc) is 2.08. The maximum Gasteiger partial charge on any atom is 0.232 e. The molecule has 0 bridgehead atoms. The largest absolute Gasteiger partial charge is 0.382 e. The van der Waals surface area contributed by atoms with Gasteiger partial charge in [0.1, 0.15) is 0 Å². The Balaban J connectivity index is 3.95. The van der Waals surface area contributed by atoms with Crippen molar-refractivity contribution in [2.45, 2.75) is 13.8 Å². The van der Waals surface area contributed by atoms with E-state index in [2.05, 4.69) is 0 Å². The Bertz CT molecular complexity index is 251. The number of hydrogen-bond donors (Lipinski definition) is 0. The second-order valence-corrected chi connectivity index (χ2v) is 6.60. The lowest BCUT2D eigenvalue weighted by molar-refractivity contribution is 0.0468. The molecule has 0 aliphatic heterocycles. The highest BCUT2D eigenvalue weighted by molar-refractivity contribution is 8.13. The van der Waals surface area contributed by atoms with Gasteiger partial charge in [-0.15, -0.1) is 0 Å². The number of hydrogen-bond acceptors (Lipinski definition) is 4. The van der Waals surface area contributed by atoms with Gasteiger partial charge in [0.15, 0.2) is 0 Å². The van der Waals surface area contributed by atoms with E-state index in [1.165, 1.54) is 0 Å². The Morgan fingerprint density at radius 1 is 1.27 bits per heavy atom. The first-order valence-corrected chi connectivity index (χ1v) is 7.33. The normalized spacial score (nSPS) is 14.5. The highest BCUT2D eigenvalue weighted by atomic mass is 35.7. The fraction of sp³-hybridized carbons (Fsp3) is 1.00. The van der Waals surface area contributed by atoms with Crippen LogP contribution in [0.15, 0.2) is 0 Å². The molecule has 92 valence electrons. The van der Waals surface area contributed by atoms with Crippen molar-refractivity contribution in [3.63, 3.8) is 0 Å². The van der Waals surface area contributed by atoms with Crippen LogP contribution in [-0.2, 0) is 18.5 Å².